The zero-order chi connectivity index (χ0) is 39.5. The third-order valence-corrected chi connectivity index (χ3v) is 6.95. The van der Waals surface area contributed by atoms with Crippen LogP contribution in [-0.2, 0) is 12.4 Å². The van der Waals surface area contributed by atoms with Crippen LogP contribution in [0.4, 0.5) is 70.2 Å². The summed E-state index contributed by atoms with van der Waals surface area (Å²) >= 11 is 0. The molecular formula is C30F16N6. The standard InChI is InChI=1S/C30F16N6/c31-19-9(4-50)20(32)24(36)15(23(19)35)7(2-48)12-11(13(12)8(3-49)16-25(37)21(33)10(5-51)22(34)26(16)38)6(1-47)14-17(29(41,42)43)27(39)52-28(40)18(14)30(44,45)46/b11-6?,12-7-,13-8+. The number of hydrogen-bond donors (Lipinski definition) is 0. The molecule has 0 atom stereocenters. The SMILES string of the molecule is N#CC(=C1C(=C(/C#N)c2c(F)c(F)c(C#N)c(F)c2F)/C1=C(/C#N)c1c(F)c(F)c(C#N)c(F)c1F)c1c(C(F)(F)F)c(F)nc(F)c1C(F)(F)F. The minimum absolute atomic E-state index is 0.595. The smallest absolute Gasteiger partial charge is 0.203 e. The Labute approximate surface area is 275 Å². The predicted octanol–water partition coefficient (Wildman–Crippen LogP) is 8.50. The first-order valence-corrected chi connectivity index (χ1v) is 12.6. The van der Waals surface area contributed by atoms with E-state index in [4.69, 9.17) is 10.5 Å². The fraction of sp³-hybridized carbons (Fsp3) is 0.0667. The number of benzene rings is 2. The van der Waals surface area contributed by atoms with Crippen LogP contribution >= 0.6 is 0 Å². The second kappa shape index (κ2) is 12.8. The van der Waals surface area contributed by atoms with Crippen molar-refractivity contribution < 1.29 is 70.2 Å². The van der Waals surface area contributed by atoms with Crippen LogP contribution in [0.15, 0.2) is 16.7 Å². The predicted molar refractivity (Wildman–Crippen MR) is 134 cm³/mol. The Bertz CT molecular complexity index is 2270. The molecule has 1 fully saturated rings. The largest absolute Gasteiger partial charge is 0.421 e. The van der Waals surface area contributed by atoms with E-state index in [0.717, 1.165) is 12.1 Å². The fourth-order valence-corrected chi connectivity index (χ4v) is 4.84. The maximum absolute atomic E-state index is 15.1. The zero-order valence-electron chi connectivity index (χ0n) is 23.7. The van der Waals surface area contributed by atoms with Gasteiger partial charge in [-0.1, -0.05) is 0 Å². The number of alkyl halides is 6. The summed E-state index contributed by atoms with van der Waals surface area (Å²) in [6.07, 6.45) is -12.8. The Hall–Kier alpha value is -6.86. The van der Waals surface area contributed by atoms with Gasteiger partial charge >= 0.3 is 12.4 Å². The molecule has 6 nitrogen and oxygen atoms in total. The van der Waals surface area contributed by atoms with Gasteiger partial charge in [0.05, 0.1) is 27.8 Å². The average molecular weight is 748 g/mol. The van der Waals surface area contributed by atoms with E-state index in [2.05, 4.69) is 0 Å². The molecule has 0 spiro atoms. The van der Waals surface area contributed by atoms with Gasteiger partial charge in [0.1, 0.15) is 52.6 Å². The van der Waals surface area contributed by atoms with Crippen molar-refractivity contribution in [1.29, 1.82) is 26.3 Å². The number of nitrogens with zero attached hydrogens (tertiary/aromatic N) is 6. The number of allylic oxidation sites excluding steroid dienone is 6. The number of pyridine rings is 1. The Morgan fingerprint density at radius 3 is 0.865 bits per heavy atom. The van der Waals surface area contributed by atoms with Gasteiger partial charge in [0.2, 0.25) is 11.9 Å². The Balaban J connectivity index is 2.47. The van der Waals surface area contributed by atoms with E-state index in [0.29, 0.717) is 18.2 Å². The van der Waals surface area contributed by atoms with Gasteiger partial charge in [-0.3, -0.25) is 0 Å². The van der Waals surface area contributed by atoms with Crippen LogP contribution in [0, 0.1) is 115 Å². The second-order valence-electron chi connectivity index (χ2n) is 9.63. The van der Waals surface area contributed by atoms with Gasteiger partial charge in [-0.25, -0.2) is 35.1 Å². The normalized spacial score (nSPS) is 15.5. The van der Waals surface area contributed by atoms with Crippen molar-refractivity contribution >= 4 is 16.7 Å². The summed E-state index contributed by atoms with van der Waals surface area (Å²) in [5.74, 6) is -27.5. The van der Waals surface area contributed by atoms with E-state index >= 15 is 17.6 Å². The molecule has 0 unspecified atom stereocenters. The van der Waals surface area contributed by atoms with Crippen molar-refractivity contribution in [3.8, 4) is 30.3 Å². The summed E-state index contributed by atoms with van der Waals surface area (Å²) < 4.78 is 232. The van der Waals surface area contributed by atoms with Crippen molar-refractivity contribution in [3.05, 3.63) is 114 Å². The summed E-state index contributed by atoms with van der Waals surface area (Å²) in [4.78, 5) is 1.87. The van der Waals surface area contributed by atoms with Gasteiger partial charge in [-0.05, 0) is 0 Å². The van der Waals surface area contributed by atoms with Crippen molar-refractivity contribution in [3.63, 3.8) is 0 Å². The number of halogens is 16. The summed E-state index contributed by atoms with van der Waals surface area (Å²) in [5, 5.41) is 47.1. The lowest BCUT2D eigenvalue weighted by atomic mass is 9.94. The lowest BCUT2D eigenvalue weighted by Crippen LogP contribution is -2.22. The molecule has 0 bridgehead atoms. The Kier molecular flexibility index (Phi) is 9.33. The van der Waals surface area contributed by atoms with Gasteiger partial charge in [0.25, 0.3) is 0 Å². The molecule has 0 aliphatic heterocycles. The summed E-state index contributed by atoms with van der Waals surface area (Å²) in [7, 11) is 0. The van der Waals surface area contributed by atoms with Crippen molar-refractivity contribution in [1.82, 2.24) is 4.98 Å². The van der Waals surface area contributed by atoms with Gasteiger partial charge in [-0.15, -0.1) is 0 Å². The van der Waals surface area contributed by atoms with Crippen molar-refractivity contribution in [2.45, 2.75) is 12.4 Å². The van der Waals surface area contributed by atoms with E-state index < -0.39 is 143 Å². The maximum Gasteiger partial charge on any atom is 0.421 e. The zero-order valence-corrected chi connectivity index (χ0v) is 23.7. The van der Waals surface area contributed by atoms with Crippen LogP contribution in [0.25, 0.3) is 16.7 Å². The third kappa shape index (κ3) is 5.58. The first kappa shape index (κ1) is 38.0. The molecule has 22 heteroatoms. The average Bonchev–Trinajstić information content (AvgIpc) is 3.76. The van der Waals surface area contributed by atoms with Crippen LogP contribution in [0.3, 0.4) is 0 Å². The second-order valence-corrected chi connectivity index (χ2v) is 9.63. The summed E-state index contributed by atoms with van der Waals surface area (Å²) in [5.41, 5.74) is -29.9. The quantitative estimate of drug-likeness (QED) is 0.114. The molecule has 3 aromatic rings. The molecule has 0 saturated heterocycles. The maximum atomic E-state index is 15.1. The first-order chi connectivity index (χ1) is 24.1. The van der Waals surface area contributed by atoms with Crippen LogP contribution in [0.2, 0.25) is 0 Å². The number of rotatable bonds is 3. The molecule has 1 aliphatic carbocycles. The highest BCUT2D eigenvalue weighted by atomic mass is 19.4. The molecule has 0 N–H and O–H groups in total. The first-order valence-electron chi connectivity index (χ1n) is 12.6. The van der Waals surface area contributed by atoms with Gasteiger partial charge in [0, 0.05) is 22.3 Å². The molecule has 0 amide bonds. The molecule has 4 rings (SSSR count). The number of nitriles is 5. The Morgan fingerprint density at radius 1 is 0.404 bits per heavy atom. The Morgan fingerprint density at radius 2 is 0.654 bits per heavy atom. The van der Waals surface area contributed by atoms with Crippen LogP contribution < -0.4 is 0 Å². The van der Waals surface area contributed by atoms with Crippen molar-refractivity contribution in [2.75, 3.05) is 0 Å². The van der Waals surface area contributed by atoms with Gasteiger partial charge < -0.3 is 0 Å². The monoisotopic (exact) mass is 748 g/mol. The lowest BCUT2D eigenvalue weighted by molar-refractivity contribution is -0.147. The van der Waals surface area contributed by atoms with E-state index in [1.54, 1.807) is 0 Å². The highest BCUT2D eigenvalue weighted by Gasteiger charge is 2.51. The van der Waals surface area contributed by atoms with Gasteiger partial charge in [-0.2, -0.15) is 66.4 Å². The molecule has 1 aliphatic rings. The summed E-state index contributed by atoms with van der Waals surface area (Å²) in [6, 6.07) is 3.48. The van der Waals surface area contributed by atoms with Crippen LogP contribution in [-0.4, -0.2) is 4.98 Å². The van der Waals surface area contributed by atoms with Gasteiger partial charge in [0.15, 0.2) is 46.5 Å². The minimum atomic E-state index is -6.38. The number of hydrogen-bond acceptors (Lipinski definition) is 6. The molecule has 262 valence electrons. The minimum Gasteiger partial charge on any atom is -0.203 e. The van der Waals surface area contributed by atoms with Crippen LogP contribution in [0.1, 0.15) is 38.9 Å². The fourth-order valence-electron chi connectivity index (χ4n) is 4.84. The molecule has 1 heterocycles. The lowest BCUT2D eigenvalue weighted by Gasteiger charge is -2.18. The van der Waals surface area contributed by atoms with E-state index in [9.17, 15) is 68.5 Å². The van der Waals surface area contributed by atoms with E-state index in [-0.39, 0.29) is 0 Å². The summed E-state index contributed by atoms with van der Waals surface area (Å²) in [6.45, 7) is 0. The molecule has 52 heavy (non-hydrogen) atoms. The van der Waals surface area contributed by atoms with E-state index in [1.165, 1.54) is 0 Å². The van der Waals surface area contributed by atoms with Crippen molar-refractivity contribution in [2.24, 2.45) is 0 Å². The highest BCUT2D eigenvalue weighted by Crippen LogP contribution is 2.58. The molecule has 2 aromatic carbocycles. The molecule has 0 radical (unpaired) electrons. The van der Waals surface area contributed by atoms with Crippen LogP contribution in [0.5, 0.6) is 0 Å². The molecular weight excluding hydrogens is 748 g/mol. The topological polar surface area (TPSA) is 132 Å². The highest BCUT2D eigenvalue weighted by molar-refractivity contribution is 6.12. The van der Waals surface area contributed by atoms with E-state index in [1.807, 2.05) is 4.98 Å². The molecule has 1 saturated carbocycles. The third-order valence-electron chi connectivity index (χ3n) is 6.95. The number of aromatic nitrogens is 1. The molecule has 1 aromatic heterocycles.